The van der Waals surface area contributed by atoms with E-state index in [-0.39, 0.29) is 5.41 Å². The van der Waals surface area contributed by atoms with Gasteiger partial charge in [0.25, 0.3) is 0 Å². The summed E-state index contributed by atoms with van der Waals surface area (Å²) in [4.78, 5) is 0. The van der Waals surface area contributed by atoms with E-state index in [0.717, 1.165) is 45.1 Å². The molecule has 6 aromatic carbocycles. The fourth-order valence-electron chi connectivity index (χ4n) is 7.86. The molecule has 1 aromatic heterocycles. The fraction of sp³-hybridized carbons (Fsp3) is 0.0952. The van der Waals surface area contributed by atoms with Crippen molar-refractivity contribution in [3.8, 4) is 34.0 Å². The van der Waals surface area contributed by atoms with Gasteiger partial charge in [-0.25, -0.2) is 0 Å². The summed E-state index contributed by atoms with van der Waals surface area (Å²) in [6.07, 6.45) is 0. The third-order valence-electron chi connectivity index (χ3n) is 9.93. The lowest BCUT2D eigenvalue weighted by atomic mass is 9.53. The van der Waals surface area contributed by atoms with E-state index in [1.807, 2.05) is 0 Å². The molecule has 3 nitrogen and oxygen atoms in total. The van der Waals surface area contributed by atoms with Gasteiger partial charge in [0.15, 0.2) is 0 Å². The van der Waals surface area contributed by atoms with Crippen LogP contribution < -0.4 is 4.74 Å². The Morgan fingerprint density at radius 3 is 1.78 bits per heavy atom. The van der Waals surface area contributed by atoms with Crippen LogP contribution in [-0.2, 0) is 10.8 Å². The van der Waals surface area contributed by atoms with Crippen molar-refractivity contribution in [3.05, 3.63) is 179 Å². The number of aromatic nitrogens is 2. The Bertz CT molecular complexity index is 2230. The third kappa shape index (κ3) is 3.58. The Labute approximate surface area is 262 Å². The van der Waals surface area contributed by atoms with E-state index in [1.165, 1.54) is 33.0 Å². The molecule has 3 heteroatoms. The zero-order valence-corrected chi connectivity index (χ0v) is 25.2. The predicted octanol–water partition coefficient (Wildman–Crippen LogP) is 10.1. The van der Waals surface area contributed by atoms with Gasteiger partial charge < -0.3 is 4.74 Å². The Balaban J connectivity index is 1.27. The van der Waals surface area contributed by atoms with E-state index < -0.39 is 5.41 Å². The third-order valence-corrected chi connectivity index (χ3v) is 9.93. The number of hydrogen-bond donors (Lipinski definition) is 0. The molecule has 0 N–H and O–H groups in total. The maximum absolute atomic E-state index is 6.66. The number of rotatable bonds is 2. The van der Waals surface area contributed by atoms with Crippen LogP contribution in [0, 0.1) is 0 Å². The first-order valence-electron chi connectivity index (χ1n) is 15.5. The molecule has 1 aliphatic heterocycles. The lowest BCUT2D eigenvalue weighted by molar-refractivity contribution is 0.425. The Morgan fingerprint density at radius 2 is 1.04 bits per heavy atom. The Morgan fingerprint density at radius 1 is 0.467 bits per heavy atom. The molecule has 0 radical (unpaired) electrons. The van der Waals surface area contributed by atoms with Crippen LogP contribution in [0.1, 0.15) is 47.2 Å². The molecule has 1 aliphatic carbocycles. The van der Waals surface area contributed by atoms with Gasteiger partial charge in [0.2, 0.25) is 0 Å². The van der Waals surface area contributed by atoms with Crippen molar-refractivity contribution in [2.75, 3.05) is 0 Å². The van der Waals surface area contributed by atoms with Crippen molar-refractivity contribution in [2.24, 2.45) is 0 Å². The molecule has 9 rings (SSSR count). The molecule has 2 heterocycles. The van der Waals surface area contributed by atoms with E-state index in [4.69, 9.17) is 14.9 Å². The smallest absolute Gasteiger partial charge is 0.132 e. The van der Waals surface area contributed by atoms with Gasteiger partial charge in [0.1, 0.15) is 11.5 Å². The van der Waals surface area contributed by atoms with Crippen molar-refractivity contribution in [1.82, 2.24) is 10.2 Å². The average Bonchev–Trinajstić information content (AvgIpc) is 3.10. The number of para-hydroxylation sites is 1. The number of benzene rings is 6. The maximum Gasteiger partial charge on any atom is 0.132 e. The molecule has 0 saturated heterocycles. The van der Waals surface area contributed by atoms with Crippen LogP contribution in [0.15, 0.2) is 146 Å². The predicted molar refractivity (Wildman–Crippen MR) is 181 cm³/mol. The summed E-state index contributed by atoms with van der Waals surface area (Å²) in [6, 6.07) is 51.8. The van der Waals surface area contributed by atoms with Crippen LogP contribution >= 0.6 is 0 Å². The second-order valence-corrected chi connectivity index (χ2v) is 12.6. The number of nitrogens with zero attached hydrogens (tertiary/aromatic N) is 2. The van der Waals surface area contributed by atoms with Gasteiger partial charge in [-0.2, -0.15) is 0 Å². The van der Waals surface area contributed by atoms with Gasteiger partial charge in [-0.05, 0) is 69.4 Å². The van der Waals surface area contributed by atoms with Crippen LogP contribution in [0.3, 0.4) is 0 Å². The zero-order valence-electron chi connectivity index (χ0n) is 25.2. The van der Waals surface area contributed by atoms with E-state index in [1.54, 1.807) is 0 Å². The van der Waals surface area contributed by atoms with Crippen LogP contribution in [0.4, 0.5) is 0 Å². The number of ether oxygens (including phenoxy) is 1. The average molecular weight is 579 g/mol. The topological polar surface area (TPSA) is 35.0 Å². The molecule has 0 fully saturated rings. The summed E-state index contributed by atoms with van der Waals surface area (Å²) < 4.78 is 6.66. The van der Waals surface area contributed by atoms with Crippen molar-refractivity contribution in [3.63, 3.8) is 0 Å². The summed E-state index contributed by atoms with van der Waals surface area (Å²) in [5, 5.41) is 11.9. The van der Waals surface area contributed by atoms with Crippen LogP contribution in [0.5, 0.6) is 11.5 Å². The normalized spacial score (nSPS) is 15.0. The lowest BCUT2D eigenvalue weighted by Crippen LogP contribution is -2.43. The molecule has 214 valence electrons. The molecule has 1 spiro atoms. The highest BCUT2D eigenvalue weighted by Crippen LogP contribution is 2.61. The molecule has 0 atom stereocenters. The van der Waals surface area contributed by atoms with Crippen molar-refractivity contribution in [2.45, 2.75) is 24.7 Å². The van der Waals surface area contributed by atoms with Gasteiger partial charge in [-0.1, -0.05) is 123 Å². The molecule has 7 aromatic rings. The van der Waals surface area contributed by atoms with Crippen LogP contribution in [0.25, 0.3) is 33.3 Å². The Kier molecular flexibility index (Phi) is 5.46. The first-order chi connectivity index (χ1) is 22.1. The van der Waals surface area contributed by atoms with E-state index in [0.29, 0.717) is 0 Å². The van der Waals surface area contributed by atoms with Gasteiger partial charge in [0.05, 0.1) is 16.8 Å². The summed E-state index contributed by atoms with van der Waals surface area (Å²) in [5.74, 6) is 1.75. The first-order valence-corrected chi connectivity index (χ1v) is 15.5. The second-order valence-electron chi connectivity index (χ2n) is 12.6. The van der Waals surface area contributed by atoms with Crippen molar-refractivity contribution < 1.29 is 4.74 Å². The zero-order chi connectivity index (χ0) is 30.2. The summed E-state index contributed by atoms with van der Waals surface area (Å²) in [5.41, 5.74) is 10.6. The quantitative estimate of drug-likeness (QED) is 0.205. The molecule has 0 amide bonds. The van der Waals surface area contributed by atoms with Crippen molar-refractivity contribution >= 4 is 10.8 Å². The van der Waals surface area contributed by atoms with Gasteiger partial charge >= 0.3 is 0 Å². The van der Waals surface area contributed by atoms with E-state index >= 15 is 0 Å². The number of hydrogen-bond acceptors (Lipinski definition) is 3. The highest BCUT2D eigenvalue weighted by molar-refractivity contribution is 5.95. The van der Waals surface area contributed by atoms with Gasteiger partial charge in [-0.15, -0.1) is 10.2 Å². The van der Waals surface area contributed by atoms with Crippen LogP contribution in [-0.4, -0.2) is 10.2 Å². The molecule has 0 bridgehead atoms. The van der Waals surface area contributed by atoms with Gasteiger partial charge in [0, 0.05) is 27.7 Å². The molecular formula is C42H30N2O. The fourth-order valence-corrected chi connectivity index (χ4v) is 7.86. The SMILES string of the molecule is CC1(C)c2ccccc2C2(c3ccccc3Oc3ccc(-c4ccc(-c5cccc6ccccc56)nn4)cc32)c2ccccc21. The van der Waals surface area contributed by atoms with E-state index in [2.05, 4.69) is 159 Å². The standard InChI is InChI=1S/C42H30N2O/c1-41(2)31-16-5-7-18-33(31)42(34-19-8-6-17-32(34)41)35-20-9-10-21-39(35)45-40-25-22-28(26-36(40)42)37-23-24-38(44-43-37)30-15-11-13-27-12-3-4-14-29(27)30/h3-26H,1-2H3. The second kappa shape index (κ2) is 9.48. The maximum atomic E-state index is 6.66. The molecule has 2 aliphatic rings. The minimum Gasteiger partial charge on any atom is -0.457 e. The summed E-state index contributed by atoms with van der Waals surface area (Å²) >= 11 is 0. The van der Waals surface area contributed by atoms with Crippen molar-refractivity contribution in [1.29, 1.82) is 0 Å². The first kappa shape index (κ1) is 25.9. The Hall–Kier alpha value is -5.54. The summed E-state index contributed by atoms with van der Waals surface area (Å²) in [6.45, 7) is 4.68. The lowest BCUT2D eigenvalue weighted by Gasteiger charge is -2.50. The minimum absolute atomic E-state index is 0.160. The largest absolute Gasteiger partial charge is 0.457 e. The molecular weight excluding hydrogens is 548 g/mol. The van der Waals surface area contributed by atoms with E-state index in [9.17, 15) is 0 Å². The highest BCUT2D eigenvalue weighted by atomic mass is 16.5. The number of fused-ring (bicyclic) bond motifs is 9. The van der Waals surface area contributed by atoms with Crippen LogP contribution in [0.2, 0.25) is 0 Å². The summed E-state index contributed by atoms with van der Waals surface area (Å²) in [7, 11) is 0. The minimum atomic E-state index is -0.556. The highest BCUT2D eigenvalue weighted by Gasteiger charge is 2.52. The molecule has 45 heavy (non-hydrogen) atoms. The van der Waals surface area contributed by atoms with Gasteiger partial charge in [-0.3, -0.25) is 0 Å². The molecule has 0 unspecified atom stereocenters. The monoisotopic (exact) mass is 578 g/mol. The molecule has 0 saturated carbocycles.